The number of aromatic amines is 1. The fraction of sp³-hybridized carbons (Fsp3) is 0.286. The second-order valence-electron chi connectivity index (χ2n) is 4.63. The molecule has 21 heavy (non-hydrogen) atoms. The van der Waals surface area contributed by atoms with Crippen LogP contribution in [0.1, 0.15) is 25.2 Å². The third-order valence-electron chi connectivity index (χ3n) is 3.45. The minimum Gasteiger partial charge on any atom is -0.307 e. The smallest absolute Gasteiger partial charge is 0.279 e. The maximum atomic E-state index is 12.5. The lowest BCUT2D eigenvalue weighted by Gasteiger charge is -2.12. The molecule has 2 aromatic rings. The van der Waals surface area contributed by atoms with Gasteiger partial charge in [0.05, 0.1) is 5.69 Å². The van der Waals surface area contributed by atoms with E-state index in [9.17, 15) is 4.79 Å². The molecule has 0 radical (unpaired) electrons. The van der Waals surface area contributed by atoms with Crippen LogP contribution in [0.2, 0.25) is 0 Å². The van der Waals surface area contributed by atoms with E-state index < -0.39 is 0 Å². The predicted octanol–water partition coefficient (Wildman–Crippen LogP) is 2.12. The second kappa shape index (κ2) is 5.25. The SMILES string of the molecule is CCc1n[nH]c(=S)n1N=C1C(=O)N(CC)c2ccccc21. The van der Waals surface area contributed by atoms with Gasteiger partial charge in [0.25, 0.3) is 5.91 Å². The Labute approximate surface area is 127 Å². The van der Waals surface area contributed by atoms with Crippen LogP contribution in [-0.4, -0.2) is 33.0 Å². The van der Waals surface area contributed by atoms with Crippen LogP contribution in [0.5, 0.6) is 0 Å². The fourth-order valence-corrected chi connectivity index (χ4v) is 2.62. The molecular weight excluding hydrogens is 286 g/mol. The van der Waals surface area contributed by atoms with Crippen molar-refractivity contribution < 1.29 is 4.79 Å². The number of para-hydroxylation sites is 1. The lowest BCUT2D eigenvalue weighted by molar-refractivity contribution is -0.112. The van der Waals surface area contributed by atoms with Gasteiger partial charge in [0.15, 0.2) is 11.5 Å². The lowest BCUT2D eigenvalue weighted by Crippen LogP contribution is -2.30. The summed E-state index contributed by atoms with van der Waals surface area (Å²) in [6.45, 7) is 4.51. The van der Waals surface area contributed by atoms with Crippen LogP contribution >= 0.6 is 12.2 Å². The van der Waals surface area contributed by atoms with Crippen LogP contribution in [-0.2, 0) is 11.2 Å². The Balaban J connectivity index is 2.19. The van der Waals surface area contributed by atoms with Crippen molar-refractivity contribution in [1.29, 1.82) is 0 Å². The van der Waals surface area contributed by atoms with E-state index in [0.717, 1.165) is 11.3 Å². The Hall–Kier alpha value is -2.28. The molecule has 7 heteroatoms. The number of carbonyl (C=O) groups excluding carboxylic acids is 1. The number of hydrogen-bond acceptors (Lipinski definition) is 4. The second-order valence-corrected chi connectivity index (χ2v) is 5.01. The highest BCUT2D eigenvalue weighted by Crippen LogP contribution is 2.28. The molecule has 0 atom stereocenters. The van der Waals surface area contributed by atoms with E-state index in [1.54, 1.807) is 4.90 Å². The molecule has 1 aromatic heterocycles. The van der Waals surface area contributed by atoms with Crippen molar-refractivity contribution in [3.63, 3.8) is 0 Å². The molecule has 0 fully saturated rings. The monoisotopic (exact) mass is 301 g/mol. The Morgan fingerprint density at radius 1 is 1.33 bits per heavy atom. The van der Waals surface area contributed by atoms with Crippen molar-refractivity contribution in [1.82, 2.24) is 14.9 Å². The third kappa shape index (κ3) is 2.09. The summed E-state index contributed by atoms with van der Waals surface area (Å²) >= 11 is 5.18. The number of rotatable bonds is 3. The highest BCUT2D eigenvalue weighted by molar-refractivity contribution is 7.71. The number of anilines is 1. The standard InChI is InChI=1S/C14H15N5OS/c1-3-11-15-16-14(21)19(11)17-12-9-7-5-6-8-10(9)18(4-2)13(12)20/h5-8H,3-4H2,1-2H3,(H,16,21). The molecule has 108 valence electrons. The highest BCUT2D eigenvalue weighted by atomic mass is 32.1. The van der Waals surface area contributed by atoms with Gasteiger partial charge in [-0.1, -0.05) is 25.1 Å². The Bertz CT molecular complexity index is 789. The largest absolute Gasteiger partial charge is 0.307 e. The zero-order chi connectivity index (χ0) is 15.0. The molecule has 0 saturated heterocycles. The van der Waals surface area contributed by atoms with Crippen LogP contribution < -0.4 is 4.90 Å². The van der Waals surface area contributed by atoms with Gasteiger partial charge in [-0.3, -0.25) is 9.89 Å². The first-order valence-electron chi connectivity index (χ1n) is 6.83. The summed E-state index contributed by atoms with van der Waals surface area (Å²) in [4.78, 5) is 14.3. The van der Waals surface area contributed by atoms with Crippen molar-refractivity contribution in [3.8, 4) is 0 Å². The van der Waals surface area contributed by atoms with E-state index in [2.05, 4.69) is 15.3 Å². The number of H-pyrrole nitrogens is 1. The minimum atomic E-state index is -0.108. The number of aromatic nitrogens is 3. The molecule has 6 nitrogen and oxygen atoms in total. The topological polar surface area (TPSA) is 66.3 Å². The van der Waals surface area contributed by atoms with E-state index in [1.165, 1.54) is 4.68 Å². The first kappa shape index (κ1) is 13.7. The molecule has 1 N–H and O–H groups in total. The summed E-state index contributed by atoms with van der Waals surface area (Å²) < 4.78 is 1.91. The van der Waals surface area contributed by atoms with Crippen molar-refractivity contribution in [2.45, 2.75) is 20.3 Å². The molecule has 0 saturated carbocycles. The van der Waals surface area contributed by atoms with Crippen LogP contribution in [0.25, 0.3) is 0 Å². The number of likely N-dealkylation sites (N-methyl/N-ethyl adjacent to an activating group) is 1. The van der Waals surface area contributed by atoms with Gasteiger partial charge in [0.2, 0.25) is 4.77 Å². The molecule has 2 heterocycles. The summed E-state index contributed by atoms with van der Waals surface area (Å²) in [5.41, 5.74) is 2.12. The van der Waals surface area contributed by atoms with Crippen LogP contribution in [0.4, 0.5) is 5.69 Å². The maximum Gasteiger partial charge on any atom is 0.279 e. The number of carbonyl (C=O) groups is 1. The van der Waals surface area contributed by atoms with Gasteiger partial charge in [-0.15, -0.1) is 0 Å². The number of nitrogens with zero attached hydrogens (tertiary/aromatic N) is 4. The van der Waals surface area contributed by atoms with Gasteiger partial charge in [-0.25, -0.2) is 0 Å². The highest BCUT2D eigenvalue weighted by Gasteiger charge is 2.33. The number of amides is 1. The molecule has 0 spiro atoms. The fourth-order valence-electron chi connectivity index (χ4n) is 2.43. The Morgan fingerprint density at radius 3 is 2.81 bits per heavy atom. The Kier molecular flexibility index (Phi) is 3.42. The first-order chi connectivity index (χ1) is 10.2. The van der Waals surface area contributed by atoms with Gasteiger partial charge in [0.1, 0.15) is 0 Å². The third-order valence-corrected chi connectivity index (χ3v) is 3.71. The molecule has 0 bridgehead atoms. The van der Waals surface area contributed by atoms with Gasteiger partial charge in [-0.2, -0.15) is 14.9 Å². The van der Waals surface area contributed by atoms with E-state index >= 15 is 0 Å². The van der Waals surface area contributed by atoms with Gasteiger partial charge in [0, 0.05) is 18.5 Å². The van der Waals surface area contributed by atoms with Gasteiger partial charge < -0.3 is 4.90 Å². The molecular formula is C14H15N5OS. The van der Waals surface area contributed by atoms with Crippen LogP contribution in [0.3, 0.4) is 0 Å². The summed E-state index contributed by atoms with van der Waals surface area (Å²) in [7, 11) is 0. The summed E-state index contributed by atoms with van der Waals surface area (Å²) in [5.74, 6) is 0.594. The minimum absolute atomic E-state index is 0.108. The predicted molar refractivity (Wildman–Crippen MR) is 83.2 cm³/mol. The first-order valence-corrected chi connectivity index (χ1v) is 7.24. The maximum absolute atomic E-state index is 12.5. The summed E-state index contributed by atoms with van der Waals surface area (Å²) in [6.07, 6.45) is 0.678. The van der Waals surface area contributed by atoms with Crippen LogP contribution in [0.15, 0.2) is 29.4 Å². The number of benzene rings is 1. The molecule has 3 rings (SSSR count). The van der Waals surface area contributed by atoms with Crippen molar-refractivity contribution >= 4 is 29.5 Å². The normalized spacial score (nSPS) is 15.8. The number of hydrogen-bond donors (Lipinski definition) is 1. The van der Waals surface area contributed by atoms with E-state index in [0.29, 0.717) is 29.3 Å². The molecule has 1 aliphatic heterocycles. The van der Waals surface area contributed by atoms with Crippen molar-refractivity contribution in [3.05, 3.63) is 40.4 Å². The molecule has 0 aliphatic carbocycles. The zero-order valence-electron chi connectivity index (χ0n) is 11.8. The molecule has 1 amide bonds. The molecule has 0 unspecified atom stereocenters. The average molecular weight is 301 g/mol. The number of fused-ring (bicyclic) bond motifs is 1. The van der Waals surface area contributed by atoms with E-state index in [1.807, 2.05) is 38.1 Å². The van der Waals surface area contributed by atoms with Gasteiger partial charge >= 0.3 is 0 Å². The zero-order valence-corrected chi connectivity index (χ0v) is 12.6. The molecule has 1 aromatic carbocycles. The number of aryl methyl sites for hydroxylation is 1. The van der Waals surface area contributed by atoms with Crippen molar-refractivity contribution in [2.24, 2.45) is 5.10 Å². The molecule has 1 aliphatic rings. The summed E-state index contributed by atoms with van der Waals surface area (Å²) in [6, 6.07) is 7.64. The van der Waals surface area contributed by atoms with Crippen LogP contribution in [0, 0.1) is 4.77 Å². The lowest BCUT2D eigenvalue weighted by atomic mass is 10.1. The average Bonchev–Trinajstić information content (AvgIpc) is 2.98. The van der Waals surface area contributed by atoms with E-state index in [-0.39, 0.29) is 5.91 Å². The quantitative estimate of drug-likeness (QED) is 0.883. The van der Waals surface area contributed by atoms with Gasteiger partial charge in [-0.05, 0) is 25.2 Å². The summed E-state index contributed by atoms with van der Waals surface area (Å²) in [5, 5.41) is 11.3. The van der Waals surface area contributed by atoms with E-state index in [4.69, 9.17) is 12.2 Å². The Morgan fingerprint density at radius 2 is 2.10 bits per heavy atom. The van der Waals surface area contributed by atoms with Crippen molar-refractivity contribution in [2.75, 3.05) is 11.4 Å². The number of nitrogens with one attached hydrogen (secondary N) is 1.